The van der Waals surface area contributed by atoms with Crippen molar-refractivity contribution in [2.75, 3.05) is 0 Å². The van der Waals surface area contributed by atoms with Gasteiger partial charge in [-0.25, -0.2) is 0 Å². The van der Waals surface area contributed by atoms with Gasteiger partial charge < -0.3 is 16.5 Å². The van der Waals surface area contributed by atoms with E-state index in [1.807, 2.05) is 0 Å². The molecule has 1 rings (SSSR count). The molecule has 5 nitrogen and oxygen atoms in total. The number of hydrogen-bond donors (Lipinski definition) is 3. The van der Waals surface area contributed by atoms with E-state index < -0.39 is 17.4 Å². The summed E-state index contributed by atoms with van der Waals surface area (Å²) in [5.41, 5.74) is 10.4. The highest BCUT2D eigenvalue weighted by Gasteiger charge is 2.16. The Hall–Kier alpha value is -1.04. The number of pyridine rings is 1. The second kappa shape index (κ2) is 4.65. The van der Waals surface area contributed by atoms with E-state index in [4.69, 9.17) is 34.7 Å². The van der Waals surface area contributed by atoms with E-state index in [-0.39, 0.29) is 22.3 Å². The van der Waals surface area contributed by atoms with Crippen LogP contribution in [0.3, 0.4) is 0 Å². The van der Waals surface area contributed by atoms with E-state index >= 15 is 0 Å². The Labute approximate surface area is 95.4 Å². The molecular formula is C8H9Cl2N3O2. The van der Waals surface area contributed by atoms with Gasteiger partial charge in [-0.1, -0.05) is 23.2 Å². The van der Waals surface area contributed by atoms with Gasteiger partial charge in [-0.05, 0) is 0 Å². The molecule has 1 unspecified atom stereocenters. The van der Waals surface area contributed by atoms with Crippen LogP contribution in [0.5, 0.6) is 0 Å². The normalized spacial score (nSPS) is 12.5. The molecule has 1 atom stereocenters. The molecule has 0 bridgehead atoms. The Kier molecular flexibility index (Phi) is 3.73. The topological polar surface area (TPSA) is 102 Å². The summed E-state index contributed by atoms with van der Waals surface area (Å²) in [5, 5.41) is 0.0347. The molecular weight excluding hydrogens is 241 g/mol. The minimum absolute atomic E-state index is 0.0758. The number of aromatic nitrogens is 1. The maximum absolute atomic E-state index is 11.2. The molecule has 1 amide bonds. The van der Waals surface area contributed by atoms with Crippen LogP contribution >= 0.6 is 23.2 Å². The van der Waals surface area contributed by atoms with Crippen LogP contribution in [0.2, 0.25) is 10.2 Å². The molecule has 0 saturated carbocycles. The predicted molar refractivity (Wildman–Crippen MR) is 57.8 cm³/mol. The largest absolute Gasteiger partial charge is 0.370 e. The van der Waals surface area contributed by atoms with Crippen LogP contribution in [0.1, 0.15) is 18.2 Å². The molecule has 0 aliphatic rings. The molecule has 0 aliphatic heterocycles. The highest BCUT2D eigenvalue weighted by Crippen LogP contribution is 2.19. The summed E-state index contributed by atoms with van der Waals surface area (Å²) in [7, 11) is 0. The Balaban J connectivity index is 3.13. The third-order valence-electron chi connectivity index (χ3n) is 1.76. The van der Waals surface area contributed by atoms with E-state index in [1.54, 1.807) is 0 Å². The van der Waals surface area contributed by atoms with Crippen LogP contribution in [-0.4, -0.2) is 10.9 Å². The van der Waals surface area contributed by atoms with Crippen LogP contribution in [0.4, 0.5) is 0 Å². The first-order valence-corrected chi connectivity index (χ1v) is 4.79. The fourth-order valence-electron chi connectivity index (χ4n) is 1.11. The number of halogens is 2. The van der Waals surface area contributed by atoms with E-state index in [0.29, 0.717) is 0 Å². The molecule has 1 heterocycles. The molecule has 0 aromatic carbocycles. The average Bonchev–Trinajstić information content (AvgIpc) is 2.09. The minimum atomic E-state index is -0.763. The van der Waals surface area contributed by atoms with Crippen molar-refractivity contribution in [2.45, 2.75) is 12.5 Å². The zero-order valence-corrected chi connectivity index (χ0v) is 9.10. The molecule has 82 valence electrons. The molecule has 1 aromatic rings. The Bertz CT molecular complexity index is 444. The van der Waals surface area contributed by atoms with Crippen molar-refractivity contribution in [2.24, 2.45) is 11.5 Å². The number of nitrogens with two attached hydrogens (primary N) is 2. The fourth-order valence-corrected chi connectivity index (χ4v) is 1.55. The van der Waals surface area contributed by atoms with Gasteiger partial charge in [-0.3, -0.25) is 9.59 Å². The van der Waals surface area contributed by atoms with Crippen molar-refractivity contribution in [3.63, 3.8) is 0 Å². The van der Waals surface area contributed by atoms with Crippen molar-refractivity contribution >= 4 is 29.1 Å². The number of H-pyrrole nitrogens is 1. The van der Waals surface area contributed by atoms with Crippen molar-refractivity contribution in [1.29, 1.82) is 0 Å². The van der Waals surface area contributed by atoms with Gasteiger partial charge in [0, 0.05) is 12.5 Å². The van der Waals surface area contributed by atoms with E-state index in [2.05, 4.69) is 4.98 Å². The number of nitrogens with one attached hydrogen (secondary N) is 1. The maximum atomic E-state index is 11.2. The van der Waals surface area contributed by atoms with E-state index in [1.165, 1.54) is 0 Å². The summed E-state index contributed by atoms with van der Waals surface area (Å²) in [6.07, 6.45) is -0.115. The van der Waals surface area contributed by atoms with Crippen molar-refractivity contribution in [1.82, 2.24) is 4.98 Å². The lowest BCUT2D eigenvalue weighted by atomic mass is 10.1. The summed E-state index contributed by atoms with van der Waals surface area (Å²) in [6.45, 7) is 0. The minimum Gasteiger partial charge on any atom is -0.370 e. The predicted octanol–water partition coefficient (Wildman–Crippen LogP) is 0.557. The monoisotopic (exact) mass is 249 g/mol. The number of rotatable bonds is 3. The summed E-state index contributed by atoms with van der Waals surface area (Å²) < 4.78 is 0. The second-order valence-electron chi connectivity index (χ2n) is 2.99. The molecule has 0 radical (unpaired) electrons. The standard InChI is InChI=1S/C8H9Cl2N3O2/c9-5-2-4(14)7(10)8(13-5)3(11)1-6(12)15/h2-3H,1,11H2,(H2,12,15)(H,13,14). The Morgan fingerprint density at radius 1 is 1.53 bits per heavy atom. The van der Waals surface area contributed by atoms with Gasteiger partial charge in [0.2, 0.25) is 11.3 Å². The number of amides is 1. The summed E-state index contributed by atoms with van der Waals surface area (Å²) in [4.78, 5) is 24.5. The second-order valence-corrected chi connectivity index (χ2v) is 3.77. The number of aromatic amines is 1. The highest BCUT2D eigenvalue weighted by atomic mass is 35.5. The smallest absolute Gasteiger partial charge is 0.219 e. The van der Waals surface area contributed by atoms with Gasteiger partial charge in [-0.15, -0.1) is 0 Å². The Morgan fingerprint density at radius 3 is 2.67 bits per heavy atom. The lowest BCUT2D eigenvalue weighted by molar-refractivity contribution is -0.118. The molecule has 7 heteroatoms. The van der Waals surface area contributed by atoms with Crippen molar-refractivity contribution < 1.29 is 4.79 Å². The number of primary amides is 1. The molecule has 0 aliphatic carbocycles. The van der Waals surface area contributed by atoms with Gasteiger partial charge >= 0.3 is 0 Å². The van der Waals surface area contributed by atoms with Crippen LogP contribution in [0, 0.1) is 0 Å². The van der Waals surface area contributed by atoms with Gasteiger partial charge in [-0.2, -0.15) is 0 Å². The summed E-state index contributed by atoms with van der Waals surface area (Å²) in [5.74, 6) is -0.584. The SMILES string of the molecule is NC(=O)CC(N)c1[nH]c(Cl)cc(=O)c1Cl. The molecule has 1 aromatic heterocycles. The van der Waals surface area contributed by atoms with Gasteiger partial charge in [0.25, 0.3) is 0 Å². The first kappa shape index (κ1) is 12.0. The van der Waals surface area contributed by atoms with E-state index in [0.717, 1.165) is 6.07 Å². The third-order valence-corrected chi connectivity index (χ3v) is 2.35. The van der Waals surface area contributed by atoms with Gasteiger partial charge in [0.05, 0.1) is 11.7 Å². The summed E-state index contributed by atoms with van der Waals surface area (Å²) >= 11 is 11.3. The zero-order valence-electron chi connectivity index (χ0n) is 7.59. The lowest BCUT2D eigenvalue weighted by Gasteiger charge is -2.11. The Morgan fingerprint density at radius 2 is 2.13 bits per heavy atom. The zero-order chi connectivity index (χ0) is 11.6. The molecule has 15 heavy (non-hydrogen) atoms. The van der Waals surface area contributed by atoms with Crippen LogP contribution in [0.25, 0.3) is 0 Å². The van der Waals surface area contributed by atoms with Gasteiger partial charge in [0.15, 0.2) is 0 Å². The average molecular weight is 250 g/mol. The van der Waals surface area contributed by atoms with Crippen LogP contribution in [-0.2, 0) is 4.79 Å². The first-order chi connectivity index (χ1) is 6.91. The molecule has 5 N–H and O–H groups in total. The number of hydrogen-bond acceptors (Lipinski definition) is 3. The van der Waals surface area contributed by atoms with Crippen LogP contribution in [0.15, 0.2) is 10.9 Å². The van der Waals surface area contributed by atoms with Gasteiger partial charge in [0.1, 0.15) is 10.2 Å². The first-order valence-electron chi connectivity index (χ1n) is 4.04. The van der Waals surface area contributed by atoms with Crippen molar-refractivity contribution in [3.05, 3.63) is 32.2 Å². The number of carbonyl (C=O) groups excluding carboxylic acids is 1. The maximum Gasteiger partial charge on any atom is 0.219 e. The lowest BCUT2D eigenvalue weighted by Crippen LogP contribution is -2.23. The quantitative estimate of drug-likeness (QED) is 0.683. The van der Waals surface area contributed by atoms with Crippen molar-refractivity contribution in [3.8, 4) is 0 Å². The van der Waals surface area contributed by atoms with Crippen LogP contribution < -0.4 is 16.9 Å². The third kappa shape index (κ3) is 2.95. The molecule has 0 saturated heterocycles. The summed E-state index contributed by atoms with van der Waals surface area (Å²) in [6, 6.07) is 0.367. The molecule has 0 spiro atoms. The number of carbonyl (C=O) groups is 1. The van der Waals surface area contributed by atoms with E-state index in [9.17, 15) is 9.59 Å². The fraction of sp³-hybridized carbons (Fsp3) is 0.250. The highest BCUT2D eigenvalue weighted by molar-refractivity contribution is 6.32. The molecule has 0 fully saturated rings.